The molecule has 0 aromatic rings. The summed E-state index contributed by atoms with van der Waals surface area (Å²) in [6, 6.07) is 0. The molecule has 0 bridgehead atoms. The van der Waals surface area contributed by atoms with Crippen molar-refractivity contribution >= 4 is 5.71 Å². The van der Waals surface area contributed by atoms with E-state index in [0.717, 1.165) is 5.71 Å². The summed E-state index contributed by atoms with van der Waals surface area (Å²) in [7, 11) is 1.69. The largest absolute Gasteiger partial charge is 0.513 e. The number of aliphatic hydroxyl groups is 1. The minimum absolute atomic E-state index is 0.299. The Balaban J connectivity index is 3.89. The lowest BCUT2D eigenvalue weighted by Gasteiger charge is -1.87. The van der Waals surface area contributed by atoms with Gasteiger partial charge in [0.2, 0.25) is 0 Å². The summed E-state index contributed by atoms with van der Waals surface area (Å²) >= 11 is 0. The van der Waals surface area contributed by atoms with Gasteiger partial charge in [-0.3, -0.25) is 4.99 Å². The summed E-state index contributed by atoms with van der Waals surface area (Å²) in [6.07, 6.45) is 1.61. The minimum atomic E-state index is 0.299. The van der Waals surface area contributed by atoms with Crippen LogP contribution in [-0.4, -0.2) is 17.9 Å². The zero-order chi connectivity index (χ0) is 6.57. The first-order valence-corrected chi connectivity index (χ1v) is 2.47. The van der Waals surface area contributed by atoms with Gasteiger partial charge in [-0.1, -0.05) is 0 Å². The zero-order valence-corrected chi connectivity index (χ0v) is 5.47. The second-order valence-electron chi connectivity index (χ2n) is 1.65. The monoisotopic (exact) mass is 113 g/mol. The number of aliphatic hydroxyl groups excluding tert-OH is 1. The summed E-state index contributed by atoms with van der Waals surface area (Å²) in [5.74, 6) is 0.299. The highest BCUT2D eigenvalue weighted by molar-refractivity contribution is 5.92. The molecule has 0 fully saturated rings. The lowest BCUT2D eigenvalue weighted by atomic mass is 10.3. The third kappa shape index (κ3) is 3.40. The first-order chi connectivity index (χ1) is 3.66. The molecule has 0 aliphatic heterocycles. The molecule has 0 rings (SSSR count). The summed E-state index contributed by atoms with van der Waals surface area (Å²) in [5, 5.41) is 8.63. The van der Waals surface area contributed by atoms with Crippen LogP contribution in [0.25, 0.3) is 0 Å². The Kier molecular flexibility index (Phi) is 2.92. The van der Waals surface area contributed by atoms with Crippen molar-refractivity contribution in [2.75, 3.05) is 7.05 Å². The van der Waals surface area contributed by atoms with Crippen molar-refractivity contribution in [3.63, 3.8) is 0 Å². The van der Waals surface area contributed by atoms with Gasteiger partial charge < -0.3 is 5.11 Å². The first-order valence-electron chi connectivity index (χ1n) is 2.47. The van der Waals surface area contributed by atoms with Gasteiger partial charge in [0, 0.05) is 12.8 Å². The maximum atomic E-state index is 8.63. The van der Waals surface area contributed by atoms with Crippen molar-refractivity contribution in [1.29, 1.82) is 0 Å². The van der Waals surface area contributed by atoms with Gasteiger partial charge in [0.15, 0.2) is 0 Å². The maximum Gasteiger partial charge on any atom is 0.0909 e. The average molecular weight is 113 g/mol. The topological polar surface area (TPSA) is 32.6 Å². The van der Waals surface area contributed by atoms with E-state index in [2.05, 4.69) is 4.99 Å². The molecule has 0 saturated heterocycles. The van der Waals surface area contributed by atoms with E-state index in [1.165, 1.54) is 0 Å². The van der Waals surface area contributed by atoms with Gasteiger partial charge in [-0.15, -0.1) is 0 Å². The molecule has 2 heteroatoms. The summed E-state index contributed by atoms with van der Waals surface area (Å²) < 4.78 is 0. The summed E-state index contributed by atoms with van der Waals surface area (Å²) in [4.78, 5) is 3.81. The molecule has 0 amide bonds. The molecule has 0 aliphatic carbocycles. The van der Waals surface area contributed by atoms with E-state index in [0.29, 0.717) is 5.76 Å². The van der Waals surface area contributed by atoms with Crippen molar-refractivity contribution in [2.45, 2.75) is 13.8 Å². The van der Waals surface area contributed by atoms with E-state index in [1.807, 2.05) is 6.92 Å². The van der Waals surface area contributed by atoms with Crippen LogP contribution in [0.1, 0.15) is 13.8 Å². The van der Waals surface area contributed by atoms with Gasteiger partial charge in [0.25, 0.3) is 0 Å². The number of hydrogen-bond acceptors (Lipinski definition) is 2. The SMILES string of the molecule is C/N=C(C)\C=C(\C)O. The lowest BCUT2D eigenvalue weighted by molar-refractivity contribution is 0.415. The van der Waals surface area contributed by atoms with Crippen LogP contribution in [-0.2, 0) is 0 Å². The molecule has 0 aromatic carbocycles. The molecule has 0 heterocycles. The van der Waals surface area contributed by atoms with Gasteiger partial charge in [-0.05, 0) is 19.9 Å². The predicted molar refractivity (Wildman–Crippen MR) is 35.4 cm³/mol. The van der Waals surface area contributed by atoms with Crippen LogP contribution < -0.4 is 0 Å². The summed E-state index contributed by atoms with van der Waals surface area (Å²) in [6.45, 7) is 3.45. The highest BCUT2D eigenvalue weighted by atomic mass is 16.3. The van der Waals surface area contributed by atoms with E-state index >= 15 is 0 Å². The molecule has 0 atom stereocenters. The zero-order valence-electron chi connectivity index (χ0n) is 5.47. The standard InChI is InChI=1S/C6H11NO/c1-5(7-3)4-6(2)8/h4,8H,1-3H3/b6-4-,7-5-. The molecule has 0 unspecified atom stereocenters. The maximum absolute atomic E-state index is 8.63. The fourth-order valence-corrected chi connectivity index (χ4v) is 0.367. The quantitative estimate of drug-likeness (QED) is 0.406. The smallest absolute Gasteiger partial charge is 0.0909 e. The second kappa shape index (κ2) is 3.24. The van der Waals surface area contributed by atoms with Crippen molar-refractivity contribution < 1.29 is 5.11 Å². The molecule has 0 radical (unpaired) electrons. The van der Waals surface area contributed by atoms with Crippen LogP contribution in [0, 0.1) is 0 Å². The van der Waals surface area contributed by atoms with Crippen LogP contribution in [0.2, 0.25) is 0 Å². The Labute approximate surface area is 49.6 Å². The van der Waals surface area contributed by atoms with Crippen LogP contribution >= 0.6 is 0 Å². The fourth-order valence-electron chi connectivity index (χ4n) is 0.367. The Morgan fingerprint density at radius 3 is 2.12 bits per heavy atom. The van der Waals surface area contributed by atoms with Gasteiger partial charge in [0.1, 0.15) is 0 Å². The van der Waals surface area contributed by atoms with Crippen molar-refractivity contribution in [2.24, 2.45) is 4.99 Å². The highest BCUT2D eigenvalue weighted by Crippen LogP contribution is 1.85. The molecule has 0 saturated carbocycles. The van der Waals surface area contributed by atoms with Crippen LogP contribution in [0.15, 0.2) is 16.8 Å². The number of nitrogens with zero attached hydrogens (tertiary/aromatic N) is 1. The molecule has 1 N–H and O–H groups in total. The van der Waals surface area contributed by atoms with Gasteiger partial charge in [-0.2, -0.15) is 0 Å². The molecule has 0 aromatic heterocycles. The summed E-state index contributed by atoms with van der Waals surface area (Å²) in [5.41, 5.74) is 0.838. The number of hydrogen-bond donors (Lipinski definition) is 1. The van der Waals surface area contributed by atoms with Crippen LogP contribution in [0.4, 0.5) is 0 Å². The van der Waals surface area contributed by atoms with E-state index < -0.39 is 0 Å². The predicted octanol–water partition coefficient (Wildman–Crippen LogP) is 1.54. The third-order valence-corrected chi connectivity index (χ3v) is 0.770. The molecule has 8 heavy (non-hydrogen) atoms. The van der Waals surface area contributed by atoms with E-state index in [-0.39, 0.29) is 0 Å². The minimum Gasteiger partial charge on any atom is -0.513 e. The number of allylic oxidation sites excluding steroid dienone is 2. The normalized spacial score (nSPS) is 14.4. The molecule has 2 nitrogen and oxygen atoms in total. The number of aliphatic imine (C=N–C) groups is 1. The Bertz CT molecular complexity index is 120. The van der Waals surface area contributed by atoms with E-state index in [4.69, 9.17) is 5.11 Å². The molecular formula is C6H11NO. The van der Waals surface area contributed by atoms with Crippen molar-refractivity contribution in [1.82, 2.24) is 0 Å². The van der Waals surface area contributed by atoms with Crippen molar-refractivity contribution in [3.8, 4) is 0 Å². The number of rotatable bonds is 1. The first kappa shape index (κ1) is 7.21. The molecule has 0 spiro atoms. The van der Waals surface area contributed by atoms with Crippen molar-refractivity contribution in [3.05, 3.63) is 11.8 Å². The van der Waals surface area contributed by atoms with E-state index in [1.54, 1.807) is 20.0 Å². The third-order valence-electron chi connectivity index (χ3n) is 0.770. The van der Waals surface area contributed by atoms with Crippen LogP contribution in [0.5, 0.6) is 0 Å². The van der Waals surface area contributed by atoms with Crippen LogP contribution in [0.3, 0.4) is 0 Å². The fraction of sp³-hybridized carbons (Fsp3) is 0.500. The highest BCUT2D eigenvalue weighted by Gasteiger charge is 1.81. The Hall–Kier alpha value is -0.790. The molecular weight excluding hydrogens is 102 g/mol. The van der Waals surface area contributed by atoms with Gasteiger partial charge in [0.05, 0.1) is 5.76 Å². The average Bonchev–Trinajstić information content (AvgIpc) is 1.65. The Morgan fingerprint density at radius 2 is 2.00 bits per heavy atom. The van der Waals surface area contributed by atoms with Gasteiger partial charge in [-0.25, -0.2) is 0 Å². The second-order valence-corrected chi connectivity index (χ2v) is 1.65. The van der Waals surface area contributed by atoms with Gasteiger partial charge >= 0.3 is 0 Å². The molecule has 46 valence electrons. The van der Waals surface area contributed by atoms with E-state index in [9.17, 15) is 0 Å². The Morgan fingerprint density at radius 1 is 1.50 bits per heavy atom. The lowest BCUT2D eigenvalue weighted by Crippen LogP contribution is -1.84. The molecule has 0 aliphatic rings.